The molecule has 1 unspecified atom stereocenters. The van der Waals surface area contributed by atoms with Gasteiger partial charge in [-0.05, 0) is 0 Å². The molecule has 1 atom stereocenters. The van der Waals surface area contributed by atoms with Crippen LogP contribution in [0.3, 0.4) is 0 Å². The van der Waals surface area contributed by atoms with E-state index in [1.807, 2.05) is 3.28 Å². The number of hydrogen-bond donors (Lipinski definition) is 0. The van der Waals surface area contributed by atoms with Crippen molar-refractivity contribution in [2.45, 2.75) is 147 Å². The van der Waals surface area contributed by atoms with E-state index in [4.69, 9.17) is 0 Å². The van der Waals surface area contributed by atoms with Gasteiger partial charge >= 0.3 is 313 Å². The third kappa shape index (κ3) is 5.61. The van der Waals surface area contributed by atoms with E-state index in [0.717, 1.165) is 17.8 Å². The molecule has 274 valence electrons. The van der Waals surface area contributed by atoms with Gasteiger partial charge in [0.15, 0.2) is 0 Å². The number of fused-ring (bicyclic) bond motifs is 5. The van der Waals surface area contributed by atoms with Crippen molar-refractivity contribution < 1.29 is 46.1 Å². The monoisotopic (exact) mass is 808 g/mol. The van der Waals surface area contributed by atoms with Crippen molar-refractivity contribution in [3.63, 3.8) is 0 Å². The van der Waals surface area contributed by atoms with Crippen LogP contribution < -0.4 is 24.8 Å². The van der Waals surface area contributed by atoms with Crippen molar-refractivity contribution in [2.75, 3.05) is 0 Å². The molecule has 0 spiro atoms. The topological polar surface area (TPSA) is 0 Å². The maximum Gasteiger partial charge on any atom is -1.00 e. The minimum Gasteiger partial charge on any atom is -1.00 e. The van der Waals surface area contributed by atoms with Gasteiger partial charge in [-0.3, -0.25) is 0 Å². The summed E-state index contributed by atoms with van der Waals surface area (Å²) in [6.45, 7) is 19.8. The summed E-state index contributed by atoms with van der Waals surface area (Å²) in [5.41, 5.74) is 20.1. The maximum atomic E-state index is 2.84. The van der Waals surface area contributed by atoms with Gasteiger partial charge in [0, 0.05) is 0 Å². The molecule has 0 N–H and O–H groups in total. The van der Waals surface area contributed by atoms with Crippen LogP contribution in [0.5, 0.6) is 0 Å². The second-order valence-corrected chi connectivity index (χ2v) is 26.7. The largest absolute Gasteiger partial charge is 1.00 e. The summed E-state index contributed by atoms with van der Waals surface area (Å²) in [6, 6.07) is 10.9. The molecule has 0 heterocycles. The van der Waals surface area contributed by atoms with Gasteiger partial charge in [0.05, 0.1) is 0 Å². The molecule has 52 heavy (non-hydrogen) atoms. The van der Waals surface area contributed by atoms with Crippen LogP contribution in [0.1, 0.15) is 169 Å². The Morgan fingerprint density at radius 1 is 0.654 bits per heavy atom. The number of allylic oxidation sites excluding steroid dienone is 8. The molecule has 3 heteroatoms. The maximum absolute atomic E-state index is 2.84. The first kappa shape index (κ1) is 37.6. The predicted octanol–water partition coefficient (Wildman–Crippen LogP) is 7.36. The van der Waals surface area contributed by atoms with Gasteiger partial charge in [-0.15, -0.1) is 0 Å². The number of hydrogen-bond acceptors (Lipinski definition) is 0. The van der Waals surface area contributed by atoms with E-state index in [1.54, 1.807) is 63.8 Å². The summed E-state index contributed by atoms with van der Waals surface area (Å²) in [6.07, 6.45) is 25.6. The van der Waals surface area contributed by atoms with Crippen molar-refractivity contribution >= 4 is 14.4 Å². The van der Waals surface area contributed by atoms with E-state index in [2.05, 4.69) is 101 Å². The summed E-state index contributed by atoms with van der Waals surface area (Å²) in [5.74, 6) is 3.72. The molecule has 0 saturated heterocycles. The number of halogens is 2. The van der Waals surface area contributed by atoms with Gasteiger partial charge in [-0.25, -0.2) is 0 Å². The molecule has 9 aliphatic carbocycles. The molecular formula is C49H60Cl2Zr. The van der Waals surface area contributed by atoms with Crippen LogP contribution in [0, 0.1) is 29.1 Å². The van der Waals surface area contributed by atoms with Crippen LogP contribution in [0.4, 0.5) is 0 Å². The number of benzene rings is 2. The van der Waals surface area contributed by atoms with Gasteiger partial charge in [0.2, 0.25) is 0 Å². The van der Waals surface area contributed by atoms with Crippen LogP contribution in [0.15, 0.2) is 56.9 Å². The number of rotatable bonds is 4. The minimum atomic E-state index is -2.47. The van der Waals surface area contributed by atoms with Crippen LogP contribution >= 0.6 is 0 Å². The molecule has 0 nitrogen and oxygen atoms in total. The Labute approximate surface area is 335 Å². The predicted molar refractivity (Wildman–Crippen MR) is 210 cm³/mol. The van der Waals surface area contributed by atoms with Gasteiger partial charge in [0.25, 0.3) is 0 Å². The average Bonchev–Trinajstić information content (AvgIpc) is 3.66. The van der Waals surface area contributed by atoms with E-state index >= 15 is 0 Å². The molecule has 2 aromatic carbocycles. The van der Waals surface area contributed by atoms with Crippen LogP contribution in [-0.4, -0.2) is 3.21 Å². The van der Waals surface area contributed by atoms with Gasteiger partial charge in [-0.1, -0.05) is 0 Å². The zero-order valence-corrected chi connectivity index (χ0v) is 37.1. The molecule has 5 saturated carbocycles. The summed E-state index contributed by atoms with van der Waals surface area (Å²) in [5, 5.41) is 0. The fourth-order valence-corrected chi connectivity index (χ4v) is 24.5. The second-order valence-electron chi connectivity index (χ2n) is 20.2. The van der Waals surface area contributed by atoms with Crippen LogP contribution in [0.2, 0.25) is 0 Å². The van der Waals surface area contributed by atoms with E-state index < -0.39 is 21.3 Å². The molecule has 0 radical (unpaired) electrons. The van der Waals surface area contributed by atoms with E-state index in [9.17, 15) is 0 Å². The Hall–Kier alpha value is -1.27. The Morgan fingerprint density at radius 2 is 1.13 bits per heavy atom. The third-order valence-corrected chi connectivity index (χ3v) is 25.1. The van der Waals surface area contributed by atoms with E-state index in [1.165, 1.54) is 80.1 Å². The van der Waals surface area contributed by atoms with Gasteiger partial charge < -0.3 is 24.8 Å². The summed E-state index contributed by atoms with van der Waals surface area (Å²) in [4.78, 5) is 0. The summed E-state index contributed by atoms with van der Waals surface area (Å²) in [7, 11) is 0. The molecule has 0 aromatic heterocycles. The van der Waals surface area contributed by atoms with Crippen LogP contribution in [-0.2, 0) is 32.1 Å². The fraction of sp³-hybridized carbons (Fsp3) is 0.571. The van der Waals surface area contributed by atoms with Crippen molar-refractivity contribution in [1.29, 1.82) is 0 Å². The van der Waals surface area contributed by atoms with E-state index in [0.29, 0.717) is 15.0 Å². The van der Waals surface area contributed by atoms with Crippen molar-refractivity contribution in [3.8, 4) is 11.1 Å². The zero-order valence-electron chi connectivity index (χ0n) is 33.2. The Morgan fingerprint density at radius 3 is 1.62 bits per heavy atom. The van der Waals surface area contributed by atoms with Gasteiger partial charge in [-0.2, -0.15) is 0 Å². The standard InChI is InChI=1S/C25H25.C18H25.C6H10.2ClH.Zr/c1-14-12-24(3,4)22-8-16-7-17-9-23-19(15(2)13-25(23,5)6)11-21(17)20(16)10-18(14)22;1-12-3-13(2)17(4-12)11-18-8-14-5-15(9-18)7-16(6-14)10-18;1-2-4-6-5-3-1;;;/h7-13H,1-6H3;4,12,14-16H,5-11H2,1-2H3;1-5H2;2*1H;/q;;;;;+2/p-2. The quantitative estimate of drug-likeness (QED) is 0.303. The SMILES string of the molecule is CC1=CC(C)(C)c2cc3c(cc21)-c1cc2c(cc1[CH]3[Zr+2]([C]1=C(C)C(CC34CC5CC(CC(C5)C3)C4)=CC1C)=[C]1CCCCC1)C(C)(C)C=C2C.[Cl-].[Cl-]. The second kappa shape index (κ2) is 12.9. The first-order valence-corrected chi connectivity index (χ1v) is 24.6. The van der Waals surface area contributed by atoms with E-state index in [-0.39, 0.29) is 35.6 Å². The van der Waals surface area contributed by atoms with Gasteiger partial charge in [0.1, 0.15) is 0 Å². The molecule has 2 aromatic rings. The third-order valence-electron chi connectivity index (χ3n) is 15.6. The average molecular weight is 811 g/mol. The first-order chi connectivity index (χ1) is 23.8. The molecule has 0 aliphatic heterocycles. The van der Waals surface area contributed by atoms with Crippen LogP contribution in [0.25, 0.3) is 22.3 Å². The Kier molecular flexibility index (Phi) is 9.33. The van der Waals surface area contributed by atoms with Crippen molar-refractivity contribution in [3.05, 3.63) is 90.3 Å². The molecule has 5 fully saturated rings. The molecule has 11 rings (SSSR count). The first-order valence-electron chi connectivity index (χ1n) is 20.7. The molecule has 4 bridgehead atoms. The summed E-state index contributed by atoms with van der Waals surface area (Å²) < 4.78 is 4.66. The normalized spacial score (nSPS) is 31.1. The minimum absolute atomic E-state index is 0. The summed E-state index contributed by atoms with van der Waals surface area (Å²) >= 11 is -2.47. The molecule has 9 aliphatic rings. The van der Waals surface area contributed by atoms with Crippen molar-refractivity contribution in [2.24, 2.45) is 29.1 Å². The molecule has 0 amide bonds. The zero-order chi connectivity index (χ0) is 34.5. The smallest absolute Gasteiger partial charge is 1.00 e. The Bertz CT molecular complexity index is 1910. The molecular weight excluding hydrogens is 751 g/mol. The fourth-order valence-electron chi connectivity index (χ4n) is 14.1. The Balaban J connectivity index is 0.00000193. The van der Waals surface area contributed by atoms with Crippen molar-refractivity contribution in [1.82, 2.24) is 0 Å².